The molecule has 3 N–H and O–H groups in total. The lowest BCUT2D eigenvalue weighted by atomic mass is 9.97. The van der Waals surface area contributed by atoms with Crippen LogP contribution in [0.2, 0.25) is 0 Å². The molecule has 0 bridgehead atoms. The molecule has 0 saturated carbocycles. The van der Waals surface area contributed by atoms with Crippen LogP contribution in [0.5, 0.6) is 0 Å². The molecule has 0 saturated heterocycles. The Morgan fingerprint density at radius 2 is 1.81 bits per heavy atom. The van der Waals surface area contributed by atoms with Gasteiger partial charge in [-0.25, -0.2) is 10.3 Å². The molecule has 2 amide bonds. The highest BCUT2D eigenvalue weighted by Gasteiger charge is 2.26. The molecule has 0 aromatic rings. The molecule has 124 valence electrons. The van der Waals surface area contributed by atoms with Gasteiger partial charge in [-0.05, 0) is 33.1 Å². The van der Waals surface area contributed by atoms with Crippen LogP contribution in [-0.4, -0.2) is 42.0 Å². The highest BCUT2D eigenvalue weighted by atomic mass is 16.6. The van der Waals surface area contributed by atoms with Crippen LogP contribution in [0.15, 0.2) is 0 Å². The van der Waals surface area contributed by atoms with Crippen molar-refractivity contribution in [3.05, 3.63) is 0 Å². The Morgan fingerprint density at radius 1 is 1.24 bits per heavy atom. The van der Waals surface area contributed by atoms with Crippen molar-refractivity contribution in [2.24, 2.45) is 5.92 Å². The summed E-state index contributed by atoms with van der Waals surface area (Å²) in [6, 6.07) is -0.567. The Hall–Kier alpha value is -1.34. The van der Waals surface area contributed by atoms with Crippen LogP contribution >= 0.6 is 0 Å². The molecular formula is C14H28N2O5. The van der Waals surface area contributed by atoms with Crippen molar-refractivity contribution >= 4 is 12.0 Å². The van der Waals surface area contributed by atoms with Crippen LogP contribution < -0.4 is 10.8 Å². The van der Waals surface area contributed by atoms with Crippen molar-refractivity contribution < 1.29 is 24.3 Å². The predicted molar refractivity (Wildman–Crippen MR) is 78.4 cm³/mol. The molecule has 0 aliphatic rings. The Morgan fingerprint density at radius 3 is 2.24 bits per heavy atom. The highest BCUT2D eigenvalue weighted by molar-refractivity contribution is 5.75. The summed E-state index contributed by atoms with van der Waals surface area (Å²) < 4.78 is 5.17. The molecule has 7 nitrogen and oxygen atoms in total. The fourth-order valence-electron chi connectivity index (χ4n) is 1.77. The van der Waals surface area contributed by atoms with Gasteiger partial charge in [0.25, 0.3) is 0 Å². The summed E-state index contributed by atoms with van der Waals surface area (Å²) >= 11 is 0. The van der Waals surface area contributed by atoms with E-state index in [4.69, 9.17) is 4.74 Å². The van der Waals surface area contributed by atoms with Gasteiger partial charge in [0.15, 0.2) is 0 Å². The van der Waals surface area contributed by atoms with Gasteiger partial charge in [0, 0.05) is 0 Å². The monoisotopic (exact) mass is 304 g/mol. The lowest BCUT2D eigenvalue weighted by Gasteiger charge is -2.27. The summed E-state index contributed by atoms with van der Waals surface area (Å²) in [5, 5.41) is 12.7. The molecule has 0 heterocycles. The molecule has 0 aromatic carbocycles. The predicted octanol–water partition coefficient (Wildman–Crippen LogP) is 1.35. The van der Waals surface area contributed by atoms with Gasteiger partial charge in [-0.2, -0.15) is 0 Å². The first-order valence-corrected chi connectivity index (χ1v) is 7.04. The largest absolute Gasteiger partial charge is 0.444 e. The van der Waals surface area contributed by atoms with Gasteiger partial charge >= 0.3 is 6.09 Å². The van der Waals surface area contributed by atoms with E-state index in [9.17, 15) is 14.7 Å². The van der Waals surface area contributed by atoms with Crippen molar-refractivity contribution in [1.82, 2.24) is 10.8 Å². The maximum atomic E-state index is 11.8. The highest BCUT2D eigenvalue weighted by Crippen LogP contribution is 2.13. The second-order valence-corrected chi connectivity index (χ2v) is 6.38. The molecule has 21 heavy (non-hydrogen) atoms. The summed E-state index contributed by atoms with van der Waals surface area (Å²) in [6.07, 6.45) is -1.27. The van der Waals surface area contributed by atoms with Crippen LogP contribution in [0.3, 0.4) is 0 Å². The minimum Gasteiger partial charge on any atom is -0.444 e. The van der Waals surface area contributed by atoms with Crippen LogP contribution in [0.4, 0.5) is 4.79 Å². The van der Waals surface area contributed by atoms with E-state index in [1.807, 2.05) is 13.8 Å². The molecule has 0 radical (unpaired) electrons. The third-order valence-corrected chi connectivity index (χ3v) is 2.50. The molecular weight excluding hydrogens is 276 g/mol. The number of hydrogen-bond donors (Lipinski definition) is 3. The van der Waals surface area contributed by atoms with Crippen molar-refractivity contribution in [2.75, 3.05) is 7.11 Å². The average molecular weight is 304 g/mol. The van der Waals surface area contributed by atoms with Crippen molar-refractivity contribution in [2.45, 2.75) is 65.2 Å². The van der Waals surface area contributed by atoms with Gasteiger partial charge in [-0.1, -0.05) is 13.8 Å². The topological polar surface area (TPSA) is 96.9 Å². The summed E-state index contributed by atoms with van der Waals surface area (Å²) in [6.45, 7) is 9.20. The van der Waals surface area contributed by atoms with Crippen LogP contribution in [-0.2, 0) is 14.4 Å². The number of alkyl carbamates (subject to hydrolysis) is 1. The number of rotatable bonds is 7. The summed E-state index contributed by atoms with van der Waals surface area (Å²) in [5.41, 5.74) is 1.51. The van der Waals surface area contributed by atoms with E-state index in [-0.39, 0.29) is 12.3 Å². The van der Waals surface area contributed by atoms with Crippen LogP contribution in [0.1, 0.15) is 47.5 Å². The number of aliphatic hydroxyl groups excluding tert-OH is 1. The van der Waals surface area contributed by atoms with E-state index >= 15 is 0 Å². The quantitative estimate of drug-likeness (QED) is 0.617. The number of aliphatic hydroxyl groups is 1. The normalized spacial score (nSPS) is 14.5. The number of carbonyl (C=O) groups excluding carboxylic acids is 2. The van der Waals surface area contributed by atoms with Crippen molar-refractivity contribution in [1.29, 1.82) is 0 Å². The zero-order chi connectivity index (χ0) is 16.6. The molecule has 0 fully saturated rings. The molecule has 0 aliphatic heterocycles. The minimum absolute atomic E-state index is 0.166. The first-order valence-electron chi connectivity index (χ1n) is 7.04. The van der Waals surface area contributed by atoms with Gasteiger partial charge < -0.3 is 15.2 Å². The number of nitrogens with one attached hydrogen (secondary N) is 2. The first-order chi connectivity index (χ1) is 9.55. The van der Waals surface area contributed by atoms with Crippen LogP contribution in [0.25, 0.3) is 0 Å². The first kappa shape index (κ1) is 19.7. The second-order valence-electron chi connectivity index (χ2n) is 6.38. The smallest absolute Gasteiger partial charge is 0.407 e. The number of hydroxylamine groups is 1. The van der Waals surface area contributed by atoms with Crippen molar-refractivity contribution in [3.63, 3.8) is 0 Å². The molecule has 7 heteroatoms. The lowest BCUT2D eigenvalue weighted by Crippen LogP contribution is -2.47. The lowest BCUT2D eigenvalue weighted by molar-refractivity contribution is -0.133. The van der Waals surface area contributed by atoms with E-state index in [1.165, 1.54) is 7.11 Å². The van der Waals surface area contributed by atoms with Gasteiger partial charge in [0.05, 0.1) is 25.7 Å². The van der Waals surface area contributed by atoms with Gasteiger partial charge in [0.2, 0.25) is 5.91 Å². The van der Waals surface area contributed by atoms with Crippen molar-refractivity contribution in [3.8, 4) is 0 Å². The molecule has 0 spiro atoms. The Labute approximate surface area is 126 Å². The van der Waals surface area contributed by atoms with E-state index < -0.39 is 29.7 Å². The Balaban J connectivity index is 4.63. The SMILES string of the molecule is CONC(=O)C[C@@H](O)[C@H](CC(C)C)NC(=O)OC(C)(C)C. The zero-order valence-electron chi connectivity index (χ0n) is 13.7. The van der Waals surface area contributed by atoms with E-state index in [2.05, 4.69) is 15.6 Å². The number of carbonyl (C=O) groups is 2. The number of amides is 2. The van der Waals surface area contributed by atoms with Crippen LogP contribution in [0, 0.1) is 5.92 Å². The van der Waals surface area contributed by atoms with E-state index in [0.717, 1.165) is 0 Å². The van der Waals surface area contributed by atoms with E-state index in [1.54, 1.807) is 20.8 Å². The average Bonchev–Trinajstić information content (AvgIpc) is 2.24. The van der Waals surface area contributed by atoms with Gasteiger partial charge in [-0.3, -0.25) is 9.63 Å². The standard InChI is InChI=1S/C14H28N2O5/c1-9(2)7-10(11(17)8-12(18)16-20-6)15-13(19)21-14(3,4)5/h9-11,17H,7-8H2,1-6H3,(H,15,19)(H,16,18)/t10-,11+/m0/s1. The maximum absolute atomic E-state index is 11.8. The molecule has 0 rings (SSSR count). The van der Waals surface area contributed by atoms with Gasteiger partial charge in [-0.15, -0.1) is 0 Å². The summed E-state index contributed by atoms with van der Waals surface area (Å²) in [5.74, 6) is -0.213. The summed E-state index contributed by atoms with van der Waals surface area (Å²) in [7, 11) is 1.31. The third-order valence-electron chi connectivity index (χ3n) is 2.50. The zero-order valence-corrected chi connectivity index (χ0v) is 13.7. The molecule has 0 aromatic heterocycles. The Bertz CT molecular complexity index is 339. The van der Waals surface area contributed by atoms with Gasteiger partial charge in [0.1, 0.15) is 5.60 Å². The molecule has 0 aliphatic carbocycles. The fraction of sp³-hybridized carbons (Fsp3) is 0.857. The van der Waals surface area contributed by atoms with E-state index in [0.29, 0.717) is 6.42 Å². The molecule has 2 atom stereocenters. The number of hydrogen-bond acceptors (Lipinski definition) is 5. The Kier molecular flexibility index (Phi) is 8.27. The fourth-order valence-corrected chi connectivity index (χ4v) is 1.77. The second kappa shape index (κ2) is 8.84. The number of ether oxygens (including phenoxy) is 1. The summed E-state index contributed by atoms with van der Waals surface area (Å²) in [4.78, 5) is 27.7. The minimum atomic E-state index is -1.02. The third kappa shape index (κ3) is 10.1. The molecule has 0 unspecified atom stereocenters. The maximum Gasteiger partial charge on any atom is 0.407 e.